The summed E-state index contributed by atoms with van der Waals surface area (Å²) in [7, 11) is 3.21. The zero-order valence-electron chi connectivity index (χ0n) is 13.4. The van der Waals surface area contributed by atoms with Crippen LogP contribution in [0.5, 0.6) is 23.0 Å². The highest BCUT2D eigenvalue weighted by atomic mass is 16.7. The zero-order chi connectivity index (χ0) is 16.7. The third-order valence-corrected chi connectivity index (χ3v) is 4.35. The van der Waals surface area contributed by atoms with E-state index in [0.717, 1.165) is 11.3 Å². The Balaban J connectivity index is 1.71. The Morgan fingerprint density at radius 1 is 1.08 bits per heavy atom. The molecule has 0 unspecified atom stereocenters. The van der Waals surface area contributed by atoms with E-state index in [0.29, 0.717) is 35.0 Å². The molecule has 1 N–H and O–H groups in total. The molecule has 6 nitrogen and oxygen atoms in total. The van der Waals surface area contributed by atoms with Crippen LogP contribution < -0.4 is 24.3 Å². The van der Waals surface area contributed by atoms with E-state index in [1.165, 1.54) is 0 Å². The van der Waals surface area contributed by atoms with Gasteiger partial charge in [0.15, 0.2) is 17.3 Å². The van der Waals surface area contributed by atoms with Gasteiger partial charge < -0.3 is 24.3 Å². The summed E-state index contributed by atoms with van der Waals surface area (Å²) >= 11 is 0. The smallest absolute Gasteiger partial charge is 0.231 e. The maximum atomic E-state index is 12.6. The lowest BCUT2D eigenvalue weighted by atomic mass is 9.91. The molecule has 124 valence electrons. The largest absolute Gasteiger partial charge is 0.497 e. The Bertz CT molecular complexity index is 817. The Kier molecular flexibility index (Phi) is 3.45. The lowest BCUT2D eigenvalue weighted by Gasteiger charge is -2.28. The third-order valence-electron chi connectivity index (χ3n) is 4.35. The number of methoxy groups -OCH3 is 2. The van der Waals surface area contributed by atoms with Crippen molar-refractivity contribution in [3.63, 3.8) is 0 Å². The Morgan fingerprint density at radius 3 is 2.62 bits per heavy atom. The number of carbonyl (C=O) groups excluding carboxylic acids is 1. The van der Waals surface area contributed by atoms with E-state index >= 15 is 0 Å². The second kappa shape index (κ2) is 5.63. The Labute approximate surface area is 139 Å². The van der Waals surface area contributed by atoms with Crippen molar-refractivity contribution in [1.82, 2.24) is 0 Å². The van der Waals surface area contributed by atoms with E-state index in [-0.39, 0.29) is 18.6 Å². The van der Waals surface area contributed by atoms with Crippen LogP contribution in [0.3, 0.4) is 0 Å². The highest BCUT2D eigenvalue weighted by molar-refractivity contribution is 6.04. The van der Waals surface area contributed by atoms with Gasteiger partial charge in [0.1, 0.15) is 11.5 Å². The molecule has 0 aliphatic carbocycles. The number of hydrogen-bond donors (Lipinski definition) is 1. The van der Waals surface area contributed by atoms with Gasteiger partial charge in [-0.1, -0.05) is 0 Å². The summed E-state index contributed by atoms with van der Waals surface area (Å²) in [5.41, 5.74) is 2.29. The average Bonchev–Trinajstić information content (AvgIpc) is 3.06. The standard InChI is InChI=1S/C18H17NO5/c1-21-10-3-4-11(16(5-10)22-2)13-7-15(20)12-6-17-18(24-9-23-17)8-14(12)19-13/h3-6,8,13,19H,7,9H2,1-2H3/t13-/m0/s1. The quantitative estimate of drug-likeness (QED) is 0.934. The molecule has 2 heterocycles. The van der Waals surface area contributed by atoms with Crippen LogP contribution in [0.25, 0.3) is 0 Å². The van der Waals surface area contributed by atoms with Gasteiger partial charge in [0.25, 0.3) is 0 Å². The minimum Gasteiger partial charge on any atom is -0.497 e. The van der Waals surface area contributed by atoms with Gasteiger partial charge in [0, 0.05) is 35.4 Å². The SMILES string of the molecule is COc1ccc([C@@H]2CC(=O)c3cc4c(cc3N2)OCO4)c(OC)c1. The molecule has 0 fully saturated rings. The molecule has 2 aliphatic heterocycles. The van der Waals surface area contributed by atoms with Crippen molar-refractivity contribution in [1.29, 1.82) is 0 Å². The predicted molar refractivity (Wildman–Crippen MR) is 87.4 cm³/mol. The van der Waals surface area contributed by atoms with Crippen LogP contribution in [0.4, 0.5) is 5.69 Å². The summed E-state index contributed by atoms with van der Waals surface area (Å²) in [6, 6.07) is 8.98. The molecule has 0 aromatic heterocycles. The summed E-state index contributed by atoms with van der Waals surface area (Å²) in [5.74, 6) is 2.72. The second-order valence-corrected chi connectivity index (χ2v) is 5.68. The van der Waals surface area contributed by atoms with Crippen molar-refractivity contribution >= 4 is 11.5 Å². The van der Waals surface area contributed by atoms with E-state index in [9.17, 15) is 4.79 Å². The van der Waals surface area contributed by atoms with Gasteiger partial charge in [-0.25, -0.2) is 0 Å². The number of hydrogen-bond acceptors (Lipinski definition) is 6. The van der Waals surface area contributed by atoms with Gasteiger partial charge in [-0.15, -0.1) is 0 Å². The van der Waals surface area contributed by atoms with Gasteiger partial charge >= 0.3 is 0 Å². The molecular formula is C18H17NO5. The number of ether oxygens (including phenoxy) is 4. The predicted octanol–water partition coefficient (Wildman–Crippen LogP) is 3.17. The number of nitrogens with one attached hydrogen (secondary N) is 1. The van der Waals surface area contributed by atoms with Crippen molar-refractivity contribution in [2.75, 3.05) is 26.3 Å². The van der Waals surface area contributed by atoms with Crippen LogP contribution in [0.15, 0.2) is 30.3 Å². The minimum absolute atomic E-state index is 0.0601. The molecule has 0 bridgehead atoms. The van der Waals surface area contributed by atoms with Crippen LogP contribution in [0.2, 0.25) is 0 Å². The fourth-order valence-corrected chi connectivity index (χ4v) is 3.12. The molecule has 2 aromatic carbocycles. The molecule has 2 aliphatic rings. The van der Waals surface area contributed by atoms with Gasteiger partial charge in [0.2, 0.25) is 6.79 Å². The molecule has 0 spiro atoms. The third kappa shape index (κ3) is 2.31. The number of Topliss-reactive ketones (excluding diaryl/α,β-unsaturated/α-hetero) is 1. The van der Waals surface area contributed by atoms with E-state index in [4.69, 9.17) is 18.9 Å². The average molecular weight is 327 g/mol. The van der Waals surface area contributed by atoms with Crippen LogP contribution in [0, 0.1) is 0 Å². The topological polar surface area (TPSA) is 66.0 Å². The first-order valence-electron chi connectivity index (χ1n) is 7.65. The summed E-state index contributed by atoms with van der Waals surface area (Å²) in [6.45, 7) is 0.183. The summed E-state index contributed by atoms with van der Waals surface area (Å²) in [6.07, 6.45) is 0.343. The van der Waals surface area contributed by atoms with Crippen LogP contribution in [-0.2, 0) is 0 Å². The maximum absolute atomic E-state index is 12.6. The molecule has 0 amide bonds. The molecular weight excluding hydrogens is 310 g/mol. The van der Waals surface area contributed by atoms with Crippen LogP contribution in [0.1, 0.15) is 28.4 Å². The summed E-state index contributed by atoms with van der Waals surface area (Å²) < 4.78 is 21.4. The monoisotopic (exact) mass is 327 g/mol. The lowest BCUT2D eigenvalue weighted by Crippen LogP contribution is -2.23. The maximum Gasteiger partial charge on any atom is 0.231 e. The van der Waals surface area contributed by atoms with Crippen LogP contribution >= 0.6 is 0 Å². The van der Waals surface area contributed by atoms with Crippen molar-refractivity contribution < 1.29 is 23.7 Å². The van der Waals surface area contributed by atoms with Crippen molar-refractivity contribution in [2.45, 2.75) is 12.5 Å². The number of carbonyl (C=O) groups is 1. The molecule has 2 aromatic rings. The lowest BCUT2D eigenvalue weighted by molar-refractivity contribution is 0.0971. The number of fused-ring (bicyclic) bond motifs is 2. The fourth-order valence-electron chi connectivity index (χ4n) is 3.12. The first-order chi connectivity index (χ1) is 11.7. The first-order valence-corrected chi connectivity index (χ1v) is 7.65. The Morgan fingerprint density at radius 2 is 1.88 bits per heavy atom. The summed E-state index contributed by atoms with van der Waals surface area (Å²) in [4.78, 5) is 12.6. The summed E-state index contributed by atoms with van der Waals surface area (Å²) in [5, 5.41) is 3.41. The normalized spacial score (nSPS) is 17.9. The molecule has 1 atom stereocenters. The highest BCUT2D eigenvalue weighted by Crippen LogP contribution is 2.43. The van der Waals surface area contributed by atoms with Gasteiger partial charge in [-0.3, -0.25) is 4.79 Å². The zero-order valence-corrected chi connectivity index (χ0v) is 13.4. The molecule has 0 radical (unpaired) electrons. The fraction of sp³-hybridized carbons (Fsp3) is 0.278. The molecule has 0 saturated carbocycles. The van der Waals surface area contributed by atoms with Crippen molar-refractivity contribution in [3.8, 4) is 23.0 Å². The first kappa shape index (κ1) is 14.7. The number of rotatable bonds is 3. The van der Waals surface area contributed by atoms with Crippen molar-refractivity contribution in [2.24, 2.45) is 0 Å². The molecule has 4 rings (SSSR count). The highest BCUT2D eigenvalue weighted by Gasteiger charge is 2.30. The van der Waals surface area contributed by atoms with E-state index in [1.807, 2.05) is 24.3 Å². The number of ketones is 1. The second-order valence-electron chi connectivity index (χ2n) is 5.68. The molecule has 0 saturated heterocycles. The number of benzene rings is 2. The number of anilines is 1. The van der Waals surface area contributed by atoms with Gasteiger partial charge in [0.05, 0.1) is 20.3 Å². The van der Waals surface area contributed by atoms with E-state index in [2.05, 4.69) is 5.32 Å². The minimum atomic E-state index is -0.175. The Hall–Kier alpha value is -2.89. The van der Waals surface area contributed by atoms with Gasteiger partial charge in [-0.05, 0) is 18.2 Å². The van der Waals surface area contributed by atoms with E-state index in [1.54, 1.807) is 20.3 Å². The van der Waals surface area contributed by atoms with Crippen molar-refractivity contribution in [3.05, 3.63) is 41.5 Å². The van der Waals surface area contributed by atoms with Crippen LogP contribution in [-0.4, -0.2) is 26.8 Å². The molecule has 6 heteroatoms. The van der Waals surface area contributed by atoms with Gasteiger partial charge in [-0.2, -0.15) is 0 Å². The van der Waals surface area contributed by atoms with E-state index < -0.39 is 0 Å². The molecule has 24 heavy (non-hydrogen) atoms.